The summed E-state index contributed by atoms with van der Waals surface area (Å²) in [6, 6.07) is 11.3. The molecule has 2 heterocycles. The van der Waals surface area contributed by atoms with Crippen molar-refractivity contribution in [2.24, 2.45) is 41.4 Å². The van der Waals surface area contributed by atoms with Gasteiger partial charge in [0.2, 0.25) is 0 Å². The third kappa shape index (κ3) is 6.03. The second-order valence-corrected chi connectivity index (χ2v) is 19.5. The molecule has 0 saturated heterocycles. The molecule has 0 amide bonds. The maximum Gasteiger partial charge on any atom is 0.192 e. The first-order chi connectivity index (χ1) is 20.0. The van der Waals surface area contributed by atoms with Gasteiger partial charge in [-0.15, -0.1) is 6.58 Å². The van der Waals surface area contributed by atoms with Crippen LogP contribution in [0.4, 0.5) is 0 Å². The standard InChI is InChI=1S/C36H51NO4Si/c1-9-25-13-17-29-31-18-23(2)10-16-30(31)35-33(29)32(25)34(39-22-38-6)26(21-37)20-28(41-42(7,8)36(3,4)5)19-24-11-14-27(40-35)15-12-24/h9,11-15,17,23,25,28-33,35H,1,10,16,18-20,22H2,2-8H3/b34-26+/t23-,25+,28-,29+,30-,31+,32+,33+,35+/m1/s1. The van der Waals surface area contributed by atoms with Gasteiger partial charge in [0, 0.05) is 31.3 Å². The highest BCUT2D eigenvalue weighted by Crippen LogP contribution is 2.59. The number of fused-ring (bicyclic) bond motifs is 7. The Kier molecular flexibility index (Phi) is 9.14. The molecule has 6 rings (SSSR count). The largest absolute Gasteiger partial charge is 0.490 e. The number of hydrogen-bond acceptors (Lipinski definition) is 5. The molecule has 5 aliphatic rings. The first-order valence-electron chi connectivity index (χ1n) is 16.0. The minimum atomic E-state index is -2.12. The van der Waals surface area contributed by atoms with Crippen molar-refractivity contribution in [3.8, 4) is 11.8 Å². The molecule has 2 aliphatic heterocycles. The lowest BCUT2D eigenvalue weighted by atomic mass is 9.67. The Morgan fingerprint density at radius 1 is 1.10 bits per heavy atom. The van der Waals surface area contributed by atoms with Crippen molar-refractivity contribution in [2.75, 3.05) is 13.9 Å². The minimum Gasteiger partial charge on any atom is -0.490 e. The van der Waals surface area contributed by atoms with Crippen LogP contribution in [0.1, 0.15) is 58.9 Å². The summed E-state index contributed by atoms with van der Waals surface area (Å²) < 4.78 is 26.0. The number of methoxy groups -OCH3 is 1. The zero-order valence-electron chi connectivity index (χ0n) is 26.8. The van der Waals surface area contributed by atoms with Gasteiger partial charge >= 0.3 is 0 Å². The molecule has 0 N–H and O–H groups in total. The van der Waals surface area contributed by atoms with E-state index >= 15 is 0 Å². The van der Waals surface area contributed by atoms with Crippen LogP contribution in [0.15, 0.2) is 60.4 Å². The lowest BCUT2D eigenvalue weighted by Crippen LogP contribution is -2.44. The van der Waals surface area contributed by atoms with Crippen LogP contribution in [0.2, 0.25) is 18.1 Å². The second-order valence-electron chi connectivity index (χ2n) is 14.8. The monoisotopic (exact) mass is 589 g/mol. The molecule has 5 nitrogen and oxygen atoms in total. The van der Waals surface area contributed by atoms with Crippen molar-refractivity contribution in [3.05, 3.63) is 66.0 Å². The van der Waals surface area contributed by atoms with E-state index < -0.39 is 8.32 Å². The van der Waals surface area contributed by atoms with Crippen molar-refractivity contribution >= 4 is 8.32 Å². The zero-order chi connectivity index (χ0) is 30.2. The summed E-state index contributed by atoms with van der Waals surface area (Å²) in [5.74, 6) is 3.94. The molecule has 42 heavy (non-hydrogen) atoms. The highest BCUT2D eigenvalue weighted by molar-refractivity contribution is 6.74. The highest BCUT2D eigenvalue weighted by Gasteiger charge is 2.58. The molecule has 2 saturated carbocycles. The zero-order valence-corrected chi connectivity index (χ0v) is 27.8. The molecule has 0 aromatic heterocycles. The van der Waals surface area contributed by atoms with E-state index in [1.54, 1.807) is 7.11 Å². The third-order valence-electron chi connectivity index (χ3n) is 11.0. The van der Waals surface area contributed by atoms with Gasteiger partial charge in [0.25, 0.3) is 0 Å². The number of hydrogen-bond donors (Lipinski definition) is 0. The number of benzene rings is 1. The van der Waals surface area contributed by atoms with Crippen LogP contribution in [-0.2, 0) is 20.3 Å². The van der Waals surface area contributed by atoms with Gasteiger partial charge in [-0.2, -0.15) is 5.26 Å². The van der Waals surface area contributed by atoms with E-state index in [4.69, 9.17) is 18.6 Å². The summed E-state index contributed by atoms with van der Waals surface area (Å²) in [6.07, 6.45) is 11.5. The number of ether oxygens (including phenoxy) is 3. The van der Waals surface area contributed by atoms with Crippen molar-refractivity contribution in [2.45, 2.75) is 90.1 Å². The van der Waals surface area contributed by atoms with E-state index in [1.807, 2.05) is 6.08 Å². The van der Waals surface area contributed by atoms with Crippen molar-refractivity contribution in [3.63, 3.8) is 0 Å². The van der Waals surface area contributed by atoms with Crippen molar-refractivity contribution in [1.82, 2.24) is 0 Å². The molecule has 9 atom stereocenters. The number of nitriles is 1. The molecular formula is C36H51NO4Si. The Labute approximate surface area is 255 Å². The van der Waals surface area contributed by atoms with Gasteiger partial charge in [0.15, 0.2) is 15.1 Å². The molecule has 0 radical (unpaired) electrons. The van der Waals surface area contributed by atoms with Gasteiger partial charge in [0.1, 0.15) is 17.6 Å². The van der Waals surface area contributed by atoms with Crippen molar-refractivity contribution < 1.29 is 18.6 Å². The topological polar surface area (TPSA) is 60.7 Å². The third-order valence-corrected chi connectivity index (χ3v) is 15.6. The Morgan fingerprint density at radius 2 is 1.83 bits per heavy atom. The smallest absolute Gasteiger partial charge is 0.192 e. The maximum atomic E-state index is 10.8. The molecule has 1 aromatic rings. The Balaban J connectivity index is 1.67. The van der Waals surface area contributed by atoms with Gasteiger partial charge in [-0.1, -0.05) is 64.5 Å². The number of allylic oxidation sites excluding steroid dienone is 4. The van der Waals surface area contributed by atoms with Gasteiger partial charge in [-0.25, -0.2) is 0 Å². The van der Waals surface area contributed by atoms with Gasteiger partial charge < -0.3 is 18.6 Å². The quantitative estimate of drug-likeness (QED) is 0.189. The number of rotatable bonds is 6. The average Bonchev–Trinajstić information content (AvgIpc) is 3.25. The Hall–Kier alpha value is -2.33. The lowest BCUT2D eigenvalue weighted by Gasteiger charge is -2.41. The minimum absolute atomic E-state index is 0.0387. The summed E-state index contributed by atoms with van der Waals surface area (Å²) in [7, 11) is -0.480. The molecule has 2 bridgehead atoms. The number of nitrogens with zero attached hydrogens (tertiary/aromatic N) is 1. The molecule has 6 heteroatoms. The summed E-state index contributed by atoms with van der Waals surface area (Å²) >= 11 is 0. The van der Waals surface area contributed by atoms with E-state index in [9.17, 15) is 5.26 Å². The summed E-state index contributed by atoms with van der Waals surface area (Å²) in [5.41, 5.74) is 1.86. The van der Waals surface area contributed by atoms with E-state index in [0.29, 0.717) is 35.7 Å². The van der Waals surface area contributed by atoms with Crippen LogP contribution in [0, 0.1) is 52.8 Å². The molecule has 0 spiro atoms. The van der Waals surface area contributed by atoms with E-state index in [0.717, 1.165) is 17.9 Å². The summed E-state index contributed by atoms with van der Waals surface area (Å²) in [5, 5.41) is 10.8. The second kappa shape index (κ2) is 12.3. The lowest BCUT2D eigenvalue weighted by molar-refractivity contribution is -0.0257. The molecule has 0 unspecified atom stereocenters. The van der Waals surface area contributed by atoms with E-state index in [1.165, 1.54) is 24.8 Å². The van der Waals surface area contributed by atoms with Crippen LogP contribution in [0.25, 0.3) is 0 Å². The van der Waals surface area contributed by atoms with Crippen LogP contribution >= 0.6 is 0 Å². The average molecular weight is 590 g/mol. The van der Waals surface area contributed by atoms with Gasteiger partial charge in [-0.3, -0.25) is 0 Å². The molecule has 2 fully saturated rings. The van der Waals surface area contributed by atoms with Crippen LogP contribution in [0.5, 0.6) is 5.75 Å². The summed E-state index contributed by atoms with van der Waals surface area (Å²) in [4.78, 5) is 0. The fraction of sp³-hybridized carbons (Fsp3) is 0.639. The van der Waals surface area contributed by atoms with Gasteiger partial charge in [-0.05, 0) is 78.8 Å². The summed E-state index contributed by atoms with van der Waals surface area (Å²) in [6.45, 7) is 18.1. The SMILES string of the molecule is C=C[C@H]1C=C[C@H]2[C@@H]3C[C@H](C)CC[C@H]3[C@@H]3Oc4ccc(cc4)C[C@@H](O[Si](C)(C)C(C)(C)C)C/C(C#N)=C(\OCOC)[C@@H]1[C@H]23. The fourth-order valence-corrected chi connectivity index (χ4v) is 9.34. The van der Waals surface area contributed by atoms with Crippen LogP contribution in [-0.4, -0.2) is 34.4 Å². The van der Waals surface area contributed by atoms with E-state index in [2.05, 4.69) is 89.9 Å². The molecular weight excluding hydrogens is 538 g/mol. The Bertz CT molecular complexity index is 1220. The molecule has 1 aromatic carbocycles. The first kappa shape index (κ1) is 31.1. The normalized spacial score (nSPS) is 36.4. The van der Waals surface area contributed by atoms with E-state index in [-0.39, 0.29) is 41.8 Å². The molecule has 3 aliphatic carbocycles. The highest BCUT2D eigenvalue weighted by atomic mass is 28.4. The predicted octanol–water partition coefficient (Wildman–Crippen LogP) is 8.46. The maximum absolute atomic E-state index is 10.8. The Morgan fingerprint density at radius 3 is 2.48 bits per heavy atom. The van der Waals surface area contributed by atoms with Crippen LogP contribution in [0.3, 0.4) is 0 Å². The van der Waals surface area contributed by atoms with Crippen molar-refractivity contribution in [1.29, 1.82) is 5.26 Å². The first-order valence-corrected chi connectivity index (χ1v) is 18.9. The van der Waals surface area contributed by atoms with Gasteiger partial charge in [0.05, 0.1) is 17.7 Å². The van der Waals surface area contributed by atoms with Crippen LogP contribution < -0.4 is 4.74 Å². The molecule has 228 valence electrons. The fourth-order valence-electron chi connectivity index (χ4n) is 7.99. The predicted molar refractivity (Wildman–Crippen MR) is 170 cm³/mol.